The number of carboxylic acid groups (broad SMARTS) is 1. The average Bonchev–Trinajstić information content (AvgIpc) is 2.28. The molecule has 0 aromatic heterocycles. The zero-order valence-corrected chi connectivity index (χ0v) is 11.4. The number of carbonyl (C=O) groups is 2. The highest BCUT2D eigenvalue weighted by Gasteiger charge is 2.20. The van der Waals surface area contributed by atoms with Gasteiger partial charge in [0, 0.05) is 7.11 Å². The molecule has 0 radical (unpaired) electrons. The number of rotatable bonds is 6. The molecule has 0 bridgehead atoms. The summed E-state index contributed by atoms with van der Waals surface area (Å²) in [5, 5.41) is 11.6. The molecule has 0 unspecified atom stereocenters. The SMILES string of the molecule is COCC(C)(C)NC(=O)Cc1ccc(C(=O)O)cc1. The Bertz CT molecular complexity index is 451. The lowest BCUT2D eigenvalue weighted by Gasteiger charge is -2.25. The van der Waals surface area contributed by atoms with Crippen LogP contribution >= 0.6 is 0 Å². The maximum absolute atomic E-state index is 11.8. The molecule has 19 heavy (non-hydrogen) atoms. The van der Waals surface area contributed by atoms with E-state index in [-0.39, 0.29) is 17.9 Å². The van der Waals surface area contributed by atoms with E-state index in [1.54, 1.807) is 19.2 Å². The standard InChI is InChI=1S/C14H19NO4/c1-14(2,9-19-3)15-12(16)8-10-4-6-11(7-5-10)13(17)18/h4-7H,8-9H2,1-3H3,(H,15,16)(H,17,18). The van der Waals surface area contributed by atoms with Gasteiger partial charge in [-0.3, -0.25) is 4.79 Å². The topological polar surface area (TPSA) is 75.6 Å². The van der Waals surface area contributed by atoms with Crippen molar-refractivity contribution in [1.82, 2.24) is 5.32 Å². The van der Waals surface area contributed by atoms with Gasteiger partial charge in [-0.15, -0.1) is 0 Å². The fourth-order valence-electron chi connectivity index (χ4n) is 1.77. The van der Waals surface area contributed by atoms with Gasteiger partial charge >= 0.3 is 5.97 Å². The molecule has 0 aliphatic heterocycles. The molecule has 0 heterocycles. The highest BCUT2D eigenvalue weighted by Crippen LogP contribution is 2.07. The van der Waals surface area contributed by atoms with E-state index in [2.05, 4.69) is 5.32 Å². The van der Waals surface area contributed by atoms with E-state index in [0.717, 1.165) is 5.56 Å². The van der Waals surface area contributed by atoms with Crippen LogP contribution in [0.2, 0.25) is 0 Å². The molecule has 1 aromatic rings. The Morgan fingerprint density at radius 2 is 1.84 bits per heavy atom. The minimum atomic E-state index is -0.975. The second-order valence-electron chi connectivity index (χ2n) is 5.04. The monoisotopic (exact) mass is 265 g/mol. The molecule has 0 spiro atoms. The number of ether oxygens (including phenoxy) is 1. The Kier molecular flexibility index (Phi) is 5.06. The van der Waals surface area contributed by atoms with E-state index < -0.39 is 11.5 Å². The highest BCUT2D eigenvalue weighted by atomic mass is 16.5. The number of aromatic carboxylic acids is 1. The molecule has 1 amide bonds. The first-order valence-electron chi connectivity index (χ1n) is 5.96. The fourth-order valence-corrected chi connectivity index (χ4v) is 1.77. The van der Waals surface area contributed by atoms with Crippen molar-refractivity contribution in [3.8, 4) is 0 Å². The number of carboxylic acids is 1. The van der Waals surface area contributed by atoms with E-state index in [1.165, 1.54) is 12.1 Å². The summed E-state index contributed by atoms with van der Waals surface area (Å²) in [7, 11) is 1.58. The van der Waals surface area contributed by atoms with Crippen LogP contribution in [0, 0.1) is 0 Å². The van der Waals surface area contributed by atoms with Crippen LogP contribution in [-0.2, 0) is 16.0 Å². The molecule has 104 valence electrons. The Hall–Kier alpha value is -1.88. The maximum atomic E-state index is 11.8. The molecule has 0 saturated carbocycles. The molecular weight excluding hydrogens is 246 g/mol. The molecule has 5 nitrogen and oxygen atoms in total. The molecule has 1 aromatic carbocycles. The van der Waals surface area contributed by atoms with Gasteiger partial charge in [0.2, 0.25) is 5.91 Å². The Balaban J connectivity index is 2.59. The number of amides is 1. The van der Waals surface area contributed by atoms with Gasteiger partial charge in [0.05, 0.1) is 24.1 Å². The van der Waals surface area contributed by atoms with Crippen molar-refractivity contribution in [2.45, 2.75) is 25.8 Å². The van der Waals surface area contributed by atoms with E-state index in [9.17, 15) is 9.59 Å². The number of hydrogen-bond donors (Lipinski definition) is 2. The summed E-state index contributed by atoms with van der Waals surface area (Å²) in [5.74, 6) is -1.10. The summed E-state index contributed by atoms with van der Waals surface area (Å²) in [5.41, 5.74) is 0.562. The third-order valence-corrected chi connectivity index (χ3v) is 2.55. The van der Waals surface area contributed by atoms with Crippen molar-refractivity contribution in [3.63, 3.8) is 0 Å². The lowest BCUT2D eigenvalue weighted by Crippen LogP contribution is -2.47. The Morgan fingerprint density at radius 1 is 1.26 bits per heavy atom. The van der Waals surface area contributed by atoms with Gasteiger partial charge in [-0.05, 0) is 31.5 Å². The molecule has 0 atom stereocenters. The van der Waals surface area contributed by atoms with E-state index in [0.29, 0.717) is 6.61 Å². The predicted octanol–water partition coefficient (Wildman–Crippen LogP) is 1.47. The molecule has 0 fully saturated rings. The van der Waals surface area contributed by atoms with Crippen molar-refractivity contribution in [3.05, 3.63) is 35.4 Å². The first kappa shape index (κ1) is 15.2. The lowest BCUT2D eigenvalue weighted by molar-refractivity contribution is -0.122. The van der Waals surface area contributed by atoms with Gasteiger partial charge in [-0.2, -0.15) is 0 Å². The lowest BCUT2D eigenvalue weighted by atomic mass is 10.1. The summed E-state index contributed by atoms with van der Waals surface area (Å²) < 4.78 is 5.02. The van der Waals surface area contributed by atoms with Crippen molar-refractivity contribution in [1.29, 1.82) is 0 Å². The van der Waals surface area contributed by atoms with Gasteiger partial charge in [0.1, 0.15) is 0 Å². The number of carbonyl (C=O) groups excluding carboxylic acids is 1. The minimum Gasteiger partial charge on any atom is -0.478 e. The van der Waals surface area contributed by atoms with Crippen LogP contribution in [0.25, 0.3) is 0 Å². The second kappa shape index (κ2) is 6.33. The van der Waals surface area contributed by atoms with Gasteiger partial charge in [0.15, 0.2) is 0 Å². The third kappa shape index (κ3) is 5.09. The molecule has 0 aliphatic carbocycles. The van der Waals surface area contributed by atoms with Crippen molar-refractivity contribution in [2.24, 2.45) is 0 Å². The van der Waals surface area contributed by atoms with Crippen LogP contribution in [0.1, 0.15) is 29.8 Å². The summed E-state index contributed by atoms with van der Waals surface area (Å²) in [6, 6.07) is 6.27. The predicted molar refractivity (Wildman–Crippen MR) is 71.2 cm³/mol. The molecule has 5 heteroatoms. The molecule has 0 aliphatic rings. The van der Waals surface area contributed by atoms with E-state index in [1.807, 2.05) is 13.8 Å². The highest BCUT2D eigenvalue weighted by molar-refractivity contribution is 5.87. The molecule has 1 rings (SSSR count). The maximum Gasteiger partial charge on any atom is 0.335 e. The normalized spacial score (nSPS) is 11.1. The van der Waals surface area contributed by atoms with E-state index >= 15 is 0 Å². The number of nitrogens with one attached hydrogen (secondary N) is 1. The second-order valence-corrected chi connectivity index (χ2v) is 5.04. The van der Waals surface area contributed by atoms with Gasteiger partial charge < -0.3 is 15.2 Å². The van der Waals surface area contributed by atoms with E-state index in [4.69, 9.17) is 9.84 Å². The molecule has 0 saturated heterocycles. The largest absolute Gasteiger partial charge is 0.478 e. The van der Waals surface area contributed by atoms with Crippen molar-refractivity contribution >= 4 is 11.9 Å². The quantitative estimate of drug-likeness (QED) is 0.816. The van der Waals surface area contributed by atoms with Crippen molar-refractivity contribution < 1.29 is 19.4 Å². The van der Waals surface area contributed by atoms with Crippen LogP contribution in [-0.4, -0.2) is 36.2 Å². The number of benzene rings is 1. The minimum absolute atomic E-state index is 0.120. The van der Waals surface area contributed by atoms with Crippen LogP contribution < -0.4 is 5.32 Å². The molecular formula is C14H19NO4. The number of hydrogen-bond acceptors (Lipinski definition) is 3. The van der Waals surface area contributed by atoms with Gasteiger partial charge in [-0.25, -0.2) is 4.79 Å². The molecule has 2 N–H and O–H groups in total. The van der Waals surface area contributed by atoms with Gasteiger partial charge in [0.25, 0.3) is 0 Å². The third-order valence-electron chi connectivity index (χ3n) is 2.55. The zero-order chi connectivity index (χ0) is 14.5. The first-order chi connectivity index (χ1) is 8.84. The van der Waals surface area contributed by atoms with Crippen LogP contribution in [0.3, 0.4) is 0 Å². The summed E-state index contributed by atoms with van der Waals surface area (Å²) in [6.07, 6.45) is 0.215. The summed E-state index contributed by atoms with van der Waals surface area (Å²) in [6.45, 7) is 4.18. The summed E-state index contributed by atoms with van der Waals surface area (Å²) >= 11 is 0. The number of methoxy groups -OCH3 is 1. The first-order valence-corrected chi connectivity index (χ1v) is 5.96. The average molecular weight is 265 g/mol. The van der Waals surface area contributed by atoms with Gasteiger partial charge in [-0.1, -0.05) is 12.1 Å². The van der Waals surface area contributed by atoms with Crippen molar-refractivity contribution in [2.75, 3.05) is 13.7 Å². The van der Waals surface area contributed by atoms with Crippen LogP contribution in [0.15, 0.2) is 24.3 Å². The fraction of sp³-hybridized carbons (Fsp3) is 0.429. The summed E-state index contributed by atoms with van der Waals surface area (Å²) in [4.78, 5) is 22.5. The zero-order valence-electron chi connectivity index (χ0n) is 11.4. The smallest absolute Gasteiger partial charge is 0.335 e. The van der Waals surface area contributed by atoms with Crippen LogP contribution in [0.5, 0.6) is 0 Å². The Morgan fingerprint density at radius 3 is 2.32 bits per heavy atom. The Labute approximate surface area is 112 Å². The van der Waals surface area contributed by atoms with Crippen LogP contribution in [0.4, 0.5) is 0 Å².